The summed E-state index contributed by atoms with van der Waals surface area (Å²) in [7, 11) is 3.79. The lowest BCUT2D eigenvalue weighted by Gasteiger charge is -2.25. The van der Waals surface area contributed by atoms with Crippen molar-refractivity contribution in [3.05, 3.63) is 29.3 Å². The summed E-state index contributed by atoms with van der Waals surface area (Å²) in [5.41, 5.74) is 1.49. The van der Waals surface area contributed by atoms with Crippen LogP contribution >= 0.6 is 24.0 Å². The molecule has 1 atom stereocenters. The van der Waals surface area contributed by atoms with Crippen molar-refractivity contribution < 1.29 is 17.9 Å². The quantitative estimate of drug-likeness (QED) is 0.316. The van der Waals surface area contributed by atoms with Gasteiger partial charge in [-0.15, -0.1) is 24.0 Å². The number of nitrogens with zero attached hydrogens (tertiary/aromatic N) is 2. The summed E-state index contributed by atoms with van der Waals surface area (Å²) in [5.74, 6) is 0.838. The van der Waals surface area contributed by atoms with Gasteiger partial charge in [0.2, 0.25) is 0 Å². The molecule has 0 spiro atoms. The van der Waals surface area contributed by atoms with Crippen molar-refractivity contribution in [3.8, 4) is 5.75 Å². The van der Waals surface area contributed by atoms with Gasteiger partial charge in [0.1, 0.15) is 5.75 Å². The molecular formula is C19H30F3IN4O. The summed E-state index contributed by atoms with van der Waals surface area (Å²) in [5, 5.41) is 6.41. The zero-order valence-corrected chi connectivity index (χ0v) is 19.1. The minimum absolute atomic E-state index is 0. The molecule has 1 saturated carbocycles. The SMILES string of the molecule is CN=C(NCc1ccc(C)cc1OCC(F)(F)F)NCC(C)N(C)C1CC1.I. The fraction of sp³-hybridized carbons (Fsp3) is 0.632. The van der Waals surface area contributed by atoms with Gasteiger partial charge >= 0.3 is 6.18 Å². The number of guanidine groups is 1. The molecule has 9 heteroatoms. The van der Waals surface area contributed by atoms with Gasteiger partial charge in [-0.1, -0.05) is 12.1 Å². The van der Waals surface area contributed by atoms with E-state index in [1.165, 1.54) is 12.8 Å². The van der Waals surface area contributed by atoms with E-state index >= 15 is 0 Å². The molecule has 0 bridgehead atoms. The predicted molar refractivity (Wildman–Crippen MR) is 117 cm³/mol. The monoisotopic (exact) mass is 514 g/mol. The third-order valence-electron chi connectivity index (χ3n) is 4.67. The molecule has 0 aliphatic heterocycles. The third-order valence-corrected chi connectivity index (χ3v) is 4.67. The lowest BCUT2D eigenvalue weighted by molar-refractivity contribution is -0.153. The van der Waals surface area contributed by atoms with Crippen LogP contribution in [0.15, 0.2) is 23.2 Å². The summed E-state index contributed by atoms with van der Waals surface area (Å²) in [6, 6.07) is 6.27. The molecule has 2 rings (SSSR count). The number of halogens is 4. The second kappa shape index (κ2) is 11.1. The lowest BCUT2D eigenvalue weighted by atomic mass is 10.1. The molecule has 0 radical (unpaired) electrons. The molecule has 0 heterocycles. The van der Waals surface area contributed by atoms with Gasteiger partial charge in [-0.3, -0.25) is 9.89 Å². The van der Waals surface area contributed by atoms with E-state index in [2.05, 4.69) is 34.5 Å². The minimum Gasteiger partial charge on any atom is -0.484 e. The standard InChI is InChI=1S/C19H29F3N4O.HI/c1-13-5-6-15(17(9-13)27-12-19(20,21)22)11-25-18(23-3)24-10-14(2)26(4)16-7-8-16;/h5-6,9,14,16H,7-8,10-12H2,1-4H3,(H2,23,24,25);1H. The number of benzene rings is 1. The fourth-order valence-corrected chi connectivity index (χ4v) is 2.73. The third kappa shape index (κ3) is 8.42. The first-order valence-electron chi connectivity index (χ1n) is 9.15. The van der Waals surface area contributed by atoms with Crippen LogP contribution in [0.1, 0.15) is 30.9 Å². The van der Waals surface area contributed by atoms with Gasteiger partial charge in [0, 0.05) is 37.8 Å². The highest BCUT2D eigenvalue weighted by Crippen LogP contribution is 2.26. The van der Waals surface area contributed by atoms with Crippen molar-refractivity contribution in [2.45, 2.75) is 51.5 Å². The van der Waals surface area contributed by atoms with Crippen molar-refractivity contribution in [3.63, 3.8) is 0 Å². The van der Waals surface area contributed by atoms with Crippen LogP contribution in [0.3, 0.4) is 0 Å². The van der Waals surface area contributed by atoms with Gasteiger partial charge < -0.3 is 15.4 Å². The van der Waals surface area contributed by atoms with E-state index in [-0.39, 0.29) is 29.7 Å². The molecule has 1 aromatic carbocycles. The number of ether oxygens (including phenoxy) is 1. The highest BCUT2D eigenvalue weighted by atomic mass is 127. The van der Waals surface area contributed by atoms with Crippen LogP contribution in [0.5, 0.6) is 5.75 Å². The first-order chi connectivity index (χ1) is 12.7. The first kappa shape index (κ1) is 24.8. The number of alkyl halides is 3. The first-order valence-corrected chi connectivity index (χ1v) is 9.15. The largest absolute Gasteiger partial charge is 0.484 e. The van der Waals surface area contributed by atoms with Crippen molar-refractivity contribution in [1.29, 1.82) is 0 Å². The van der Waals surface area contributed by atoms with Gasteiger partial charge in [-0.05, 0) is 45.4 Å². The highest BCUT2D eigenvalue weighted by molar-refractivity contribution is 14.0. The van der Waals surface area contributed by atoms with Crippen LogP contribution in [-0.2, 0) is 6.54 Å². The number of nitrogens with one attached hydrogen (secondary N) is 2. The Morgan fingerprint density at radius 1 is 1.32 bits per heavy atom. The molecule has 1 aliphatic carbocycles. The van der Waals surface area contributed by atoms with E-state index in [0.29, 0.717) is 30.2 Å². The molecule has 0 aromatic heterocycles. The Hall–Kier alpha value is -1.23. The lowest BCUT2D eigenvalue weighted by Crippen LogP contribution is -2.45. The van der Waals surface area contributed by atoms with Gasteiger partial charge in [-0.2, -0.15) is 13.2 Å². The number of aryl methyl sites for hydroxylation is 1. The fourth-order valence-electron chi connectivity index (χ4n) is 2.73. The highest BCUT2D eigenvalue weighted by Gasteiger charge is 2.29. The number of likely N-dealkylation sites (N-methyl/N-ethyl adjacent to an activating group) is 1. The van der Waals surface area contributed by atoms with Crippen LogP contribution in [-0.4, -0.2) is 56.4 Å². The van der Waals surface area contributed by atoms with Crippen molar-refractivity contribution in [1.82, 2.24) is 15.5 Å². The normalized spacial score (nSPS) is 15.8. The van der Waals surface area contributed by atoms with Gasteiger partial charge in [0.15, 0.2) is 12.6 Å². The molecule has 1 aromatic rings. The molecule has 28 heavy (non-hydrogen) atoms. The Morgan fingerprint density at radius 3 is 2.57 bits per heavy atom. The van der Waals surface area contributed by atoms with E-state index in [0.717, 1.165) is 12.1 Å². The smallest absolute Gasteiger partial charge is 0.422 e. The summed E-state index contributed by atoms with van der Waals surface area (Å²) < 4.78 is 42.4. The second-order valence-electron chi connectivity index (χ2n) is 7.07. The molecule has 0 saturated heterocycles. The second-order valence-corrected chi connectivity index (χ2v) is 7.07. The molecule has 5 nitrogen and oxygen atoms in total. The summed E-state index contributed by atoms with van der Waals surface area (Å²) >= 11 is 0. The Bertz CT molecular complexity index is 651. The average Bonchev–Trinajstić information content (AvgIpc) is 3.44. The maximum Gasteiger partial charge on any atom is 0.422 e. The Kier molecular flexibility index (Phi) is 9.82. The van der Waals surface area contributed by atoms with Crippen molar-refractivity contribution in [2.75, 3.05) is 27.2 Å². The maximum absolute atomic E-state index is 12.5. The number of hydrogen-bond acceptors (Lipinski definition) is 3. The number of aliphatic imine (C=N–C) groups is 1. The summed E-state index contributed by atoms with van der Waals surface area (Å²) in [6.07, 6.45) is -1.86. The summed E-state index contributed by atoms with van der Waals surface area (Å²) in [4.78, 5) is 6.53. The van der Waals surface area contributed by atoms with Crippen molar-refractivity contribution >= 4 is 29.9 Å². The van der Waals surface area contributed by atoms with Crippen LogP contribution in [0, 0.1) is 6.92 Å². The van der Waals surface area contributed by atoms with E-state index < -0.39 is 12.8 Å². The Labute approximate surface area is 182 Å². The molecular weight excluding hydrogens is 484 g/mol. The molecule has 0 amide bonds. The Balaban J connectivity index is 0.00000392. The van der Waals surface area contributed by atoms with Crippen molar-refractivity contribution in [2.24, 2.45) is 4.99 Å². The van der Waals surface area contributed by atoms with E-state index in [4.69, 9.17) is 4.74 Å². The number of hydrogen-bond donors (Lipinski definition) is 2. The van der Waals surface area contributed by atoms with Crippen LogP contribution in [0.4, 0.5) is 13.2 Å². The van der Waals surface area contributed by atoms with E-state index in [1.807, 2.05) is 13.0 Å². The van der Waals surface area contributed by atoms with Gasteiger partial charge in [0.25, 0.3) is 0 Å². The predicted octanol–water partition coefficient (Wildman–Crippen LogP) is 3.70. The zero-order chi connectivity index (χ0) is 20.0. The van der Waals surface area contributed by atoms with Gasteiger partial charge in [-0.25, -0.2) is 0 Å². The number of rotatable bonds is 8. The van der Waals surface area contributed by atoms with Gasteiger partial charge in [0.05, 0.1) is 0 Å². The molecule has 2 N–H and O–H groups in total. The zero-order valence-electron chi connectivity index (χ0n) is 16.8. The summed E-state index contributed by atoms with van der Waals surface area (Å²) in [6.45, 7) is 3.72. The van der Waals surface area contributed by atoms with Crippen LogP contribution in [0.25, 0.3) is 0 Å². The average molecular weight is 514 g/mol. The molecule has 1 aliphatic rings. The molecule has 160 valence electrons. The molecule has 1 unspecified atom stereocenters. The Morgan fingerprint density at radius 2 is 2.00 bits per heavy atom. The topological polar surface area (TPSA) is 48.9 Å². The van der Waals surface area contributed by atoms with E-state index in [9.17, 15) is 13.2 Å². The van der Waals surface area contributed by atoms with Crippen LogP contribution < -0.4 is 15.4 Å². The maximum atomic E-state index is 12.5. The van der Waals surface area contributed by atoms with E-state index in [1.54, 1.807) is 19.2 Å². The van der Waals surface area contributed by atoms with Crippen LogP contribution in [0.2, 0.25) is 0 Å². The minimum atomic E-state index is -4.37. The molecule has 1 fully saturated rings.